The Kier molecular flexibility index (Phi) is 4.73. The molecule has 5 heteroatoms. The molecule has 0 bridgehead atoms. The molecule has 18 heavy (non-hydrogen) atoms. The highest BCUT2D eigenvalue weighted by molar-refractivity contribution is 7.10. The van der Waals surface area contributed by atoms with E-state index in [0.717, 1.165) is 30.8 Å². The van der Waals surface area contributed by atoms with Gasteiger partial charge in [0.15, 0.2) is 0 Å². The average molecular weight is 263 g/mol. The molecule has 0 saturated carbocycles. The molecule has 96 valence electrons. The second-order valence-electron chi connectivity index (χ2n) is 4.46. The molecule has 1 aliphatic heterocycles. The largest absolute Gasteiger partial charge is 0.342 e. The van der Waals surface area contributed by atoms with E-state index < -0.39 is 0 Å². The van der Waals surface area contributed by atoms with Crippen LogP contribution in [0.2, 0.25) is 0 Å². The van der Waals surface area contributed by atoms with Crippen molar-refractivity contribution < 1.29 is 4.79 Å². The summed E-state index contributed by atoms with van der Waals surface area (Å²) in [6.45, 7) is 2.85. The molecular formula is C13H17N3OS. The maximum Gasteiger partial charge on any atom is 0.236 e. The monoisotopic (exact) mass is 263 g/mol. The quantitative estimate of drug-likeness (QED) is 0.900. The summed E-state index contributed by atoms with van der Waals surface area (Å²) in [6.07, 6.45) is 3.49. The first-order valence-corrected chi connectivity index (χ1v) is 7.13. The summed E-state index contributed by atoms with van der Waals surface area (Å²) in [5.41, 5.74) is 0.694. The fourth-order valence-electron chi connectivity index (χ4n) is 2.08. The van der Waals surface area contributed by atoms with Crippen molar-refractivity contribution in [3.63, 3.8) is 0 Å². The third-order valence-electron chi connectivity index (χ3n) is 3.07. The SMILES string of the molecule is N#Cc1csc(CNCC(=O)N2CCCCC2)c1. The van der Waals surface area contributed by atoms with Crippen molar-refractivity contribution in [3.05, 3.63) is 21.9 Å². The zero-order valence-electron chi connectivity index (χ0n) is 10.3. The van der Waals surface area contributed by atoms with Crippen molar-refractivity contribution in [1.82, 2.24) is 10.2 Å². The minimum Gasteiger partial charge on any atom is -0.342 e. The van der Waals surface area contributed by atoms with Crippen molar-refractivity contribution in [2.24, 2.45) is 0 Å². The van der Waals surface area contributed by atoms with Crippen molar-refractivity contribution >= 4 is 17.2 Å². The molecule has 2 heterocycles. The van der Waals surface area contributed by atoms with Gasteiger partial charge in [0.25, 0.3) is 0 Å². The van der Waals surface area contributed by atoms with Crippen LogP contribution >= 0.6 is 11.3 Å². The molecule has 1 aromatic heterocycles. The van der Waals surface area contributed by atoms with Gasteiger partial charge in [-0.25, -0.2) is 0 Å². The van der Waals surface area contributed by atoms with Crippen LogP contribution in [0.25, 0.3) is 0 Å². The lowest BCUT2D eigenvalue weighted by atomic mass is 10.1. The molecule has 0 spiro atoms. The van der Waals surface area contributed by atoms with Crippen LogP contribution in [0.3, 0.4) is 0 Å². The summed E-state index contributed by atoms with van der Waals surface area (Å²) in [6, 6.07) is 3.97. The van der Waals surface area contributed by atoms with Gasteiger partial charge in [0.1, 0.15) is 6.07 Å². The lowest BCUT2D eigenvalue weighted by molar-refractivity contribution is -0.131. The third kappa shape index (κ3) is 3.56. The molecule has 0 radical (unpaired) electrons. The molecule has 1 aromatic rings. The summed E-state index contributed by atoms with van der Waals surface area (Å²) in [5.74, 6) is 0.187. The number of thiophene rings is 1. The Balaban J connectivity index is 1.71. The van der Waals surface area contributed by atoms with Crippen LogP contribution in [0, 0.1) is 11.3 Å². The molecule has 1 amide bonds. The van der Waals surface area contributed by atoms with Crippen LogP contribution < -0.4 is 5.32 Å². The highest BCUT2D eigenvalue weighted by Gasteiger charge is 2.15. The Hall–Kier alpha value is -1.38. The summed E-state index contributed by atoms with van der Waals surface area (Å²) >= 11 is 1.55. The van der Waals surface area contributed by atoms with E-state index in [-0.39, 0.29) is 5.91 Å². The molecule has 1 aliphatic rings. The maximum absolute atomic E-state index is 11.9. The molecule has 0 unspecified atom stereocenters. The minimum atomic E-state index is 0.187. The molecule has 0 aliphatic carbocycles. The van der Waals surface area contributed by atoms with Crippen molar-refractivity contribution in [1.29, 1.82) is 5.26 Å². The fraction of sp³-hybridized carbons (Fsp3) is 0.538. The standard InChI is InChI=1S/C13H17N3OS/c14-7-11-6-12(18-10-11)8-15-9-13(17)16-4-2-1-3-5-16/h6,10,15H,1-5,8-9H2. The number of carbonyl (C=O) groups excluding carboxylic acids is 1. The number of nitrogens with zero attached hydrogens (tertiary/aromatic N) is 2. The van der Waals surface area contributed by atoms with E-state index in [1.165, 1.54) is 6.42 Å². The predicted molar refractivity (Wildman–Crippen MR) is 71.2 cm³/mol. The Morgan fingerprint density at radius 3 is 2.89 bits per heavy atom. The number of amides is 1. The van der Waals surface area contributed by atoms with Crippen LogP contribution in [0.4, 0.5) is 0 Å². The Bertz CT molecular complexity index is 443. The van der Waals surface area contributed by atoms with Crippen molar-refractivity contribution in [3.8, 4) is 6.07 Å². The summed E-state index contributed by atoms with van der Waals surface area (Å²) in [7, 11) is 0. The van der Waals surface area contributed by atoms with Crippen LogP contribution in [-0.4, -0.2) is 30.4 Å². The van der Waals surface area contributed by atoms with E-state index in [1.807, 2.05) is 16.3 Å². The lowest BCUT2D eigenvalue weighted by Gasteiger charge is -2.26. The average Bonchev–Trinajstić information content (AvgIpc) is 2.87. The number of nitrogens with one attached hydrogen (secondary N) is 1. The lowest BCUT2D eigenvalue weighted by Crippen LogP contribution is -2.40. The number of piperidine rings is 1. The van der Waals surface area contributed by atoms with E-state index in [9.17, 15) is 4.79 Å². The van der Waals surface area contributed by atoms with Crippen molar-refractivity contribution in [2.75, 3.05) is 19.6 Å². The summed E-state index contributed by atoms with van der Waals surface area (Å²) in [4.78, 5) is 14.9. The number of carbonyl (C=O) groups is 1. The number of likely N-dealkylation sites (tertiary alicyclic amines) is 1. The first kappa shape index (κ1) is 13.1. The second kappa shape index (κ2) is 6.53. The Morgan fingerprint density at radius 2 is 2.22 bits per heavy atom. The third-order valence-corrected chi connectivity index (χ3v) is 4.00. The fourth-order valence-corrected chi connectivity index (χ4v) is 2.86. The number of nitriles is 1. The zero-order valence-corrected chi connectivity index (χ0v) is 11.1. The highest BCUT2D eigenvalue weighted by Crippen LogP contribution is 2.13. The van der Waals surface area contributed by atoms with Gasteiger partial charge >= 0.3 is 0 Å². The van der Waals surface area contributed by atoms with Crippen LogP contribution in [0.15, 0.2) is 11.4 Å². The molecule has 2 rings (SSSR count). The molecule has 1 N–H and O–H groups in total. The van der Waals surface area contributed by atoms with E-state index in [2.05, 4.69) is 11.4 Å². The maximum atomic E-state index is 11.9. The van der Waals surface area contributed by atoms with Gasteiger partial charge in [-0.15, -0.1) is 11.3 Å². The molecular weight excluding hydrogens is 246 g/mol. The van der Waals surface area contributed by atoms with Gasteiger partial charge in [0.2, 0.25) is 5.91 Å². The summed E-state index contributed by atoms with van der Waals surface area (Å²) < 4.78 is 0. The predicted octanol–water partition coefficient (Wildman–Crippen LogP) is 1.72. The zero-order chi connectivity index (χ0) is 12.8. The van der Waals surface area contributed by atoms with Crippen molar-refractivity contribution in [2.45, 2.75) is 25.8 Å². The molecule has 4 nitrogen and oxygen atoms in total. The normalized spacial score (nSPS) is 15.4. The number of rotatable bonds is 4. The molecule has 0 aromatic carbocycles. The van der Waals surface area contributed by atoms with E-state index >= 15 is 0 Å². The summed E-state index contributed by atoms with van der Waals surface area (Å²) in [5, 5.41) is 13.7. The van der Waals surface area contributed by atoms with Gasteiger partial charge in [-0.3, -0.25) is 4.79 Å². The van der Waals surface area contributed by atoms with Gasteiger partial charge in [0, 0.05) is 29.9 Å². The molecule has 1 fully saturated rings. The first-order valence-electron chi connectivity index (χ1n) is 6.25. The van der Waals surface area contributed by atoms with Gasteiger partial charge in [-0.05, 0) is 25.3 Å². The van der Waals surface area contributed by atoms with Crippen LogP contribution in [-0.2, 0) is 11.3 Å². The van der Waals surface area contributed by atoms with Crippen LogP contribution in [0.5, 0.6) is 0 Å². The van der Waals surface area contributed by atoms with E-state index in [0.29, 0.717) is 18.7 Å². The topological polar surface area (TPSA) is 56.1 Å². The first-order chi connectivity index (χ1) is 8.79. The highest BCUT2D eigenvalue weighted by atomic mass is 32.1. The van der Waals surface area contributed by atoms with Gasteiger partial charge < -0.3 is 10.2 Å². The van der Waals surface area contributed by atoms with Gasteiger partial charge in [-0.2, -0.15) is 5.26 Å². The molecule has 0 atom stereocenters. The minimum absolute atomic E-state index is 0.187. The van der Waals surface area contributed by atoms with E-state index in [1.54, 1.807) is 11.3 Å². The van der Waals surface area contributed by atoms with Gasteiger partial charge in [0.05, 0.1) is 12.1 Å². The second-order valence-corrected chi connectivity index (χ2v) is 5.45. The number of hydrogen-bond acceptors (Lipinski definition) is 4. The number of hydrogen-bond donors (Lipinski definition) is 1. The van der Waals surface area contributed by atoms with E-state index in [4.69, 9.17) is 5.26 Å². The van der Waals surface area contributed by atoms with Gasteiger partial charge in [-0.1, -0.05) is 0 Å². The Labute approximate surface area is 111 Å². The Morgan fingerprint density at radius 1 is 1.44 bits per heavy atom. The molecule has 1 saturated heterocycles. The van der Waals surface area contributed by atoms with Crippen LogP contribution in [0.1, 0.15) is 29.7 Å². The smallest absolute Gasteiger partial charge is 0.236 e.